The average molecular weight is 374 g/mol. The molecule has 0 spiro atoms. The highest BCUT2D eigenvalue weighted by Gasteiger charge is 2.08. The van der Waals surface area contributed by atoms with Crippen LogP contribution in [-0.2, 0) is 6.54 Å². The van der Waals surface area contributed by atoms with E-state index in [1.165, 1.54) is 0 Å². The van der Waals surface area contributed by atoms with Crippen molar-refractivity contribution in [2.45, 2.75) is 6.54 Å². The second kappa shape index (κ2) is 6.15. The smallest absolute Gasteiger partial charge is 0.150 e. The molecule has 6 heteroatoms. The van der Waals surface area contributed by atoms with Gasteiger partial charge in [-0.25, -0.2) is 0 Å². The molecule has 0 aliphatic rings. The standard InChI is InChI=1S/C12H10Br2N2O2/c13-10-6-9(8-17)7-11(14)12(10)18-5-4-16-3-1-2-15-16/h1-3,6-8H,4-5H2. The average Bonchev–Trinajstić information content (AvgIpc) is 2.85. The molecule has 0 saturated heterocycles. The van der Waals surface area contributed by atoms with Gasteiger partial charge in [-0.3, -0.25) is 9.48 Å². The fourth-order valence-electron chi connectivity index (χ4n) is 1.46. The van der Waals surface area contributed by atoms with Crippen molar-refractivity contribution in [2.75, 3.05) is 6.61 Å². The highest BCUT2D eigenvalue weighted by Crippen LogP contribution is 2.34. The molecule has 94 valence electrons. The van der Waals surface area contributed by atoms with Crippen LogP contribution in [0, 0.1) is 0 Å². The molecular formula is C12H10Br2N2O2. The molecule has 0 bridgehead atoms. The van der Waals surface area contributed by atoms with E-state index in [0.717, 1.165) is 15.2 Å². The molecule has 0 amide bonds. The van der Waals surface area contributed by atoms with E-state index in [0.29, 0.717) is 24.5 Å². The predicted octanol–water partition coefficient (Wildman–Crippen LogP) is 3.30. The third-order valence-electron chi connectivity index (χ3n) is 2.28. The van der Waals surface area contributed by atoms with E-state index >= 15 is 0 Å². The minimum atomic E-state index is 0.499. The van der Waals surface area contributed by atoms with E-state index in [1.807, 2.05) is 12.3 Å². The molecule has 4 nitrogen and oxygen atoms in total. The number of hydrogen-bond acceptors (Lipinski definition) is 3. The molecule has 0 saturated carbocycles. The summed E-state index contributed by atoms with van der Waals surface area (Å²) in [5, 5.41) is 4.09. The third-order valence-corrected chi connectivity index (χ3v) is 3.46. The highest BCUT2D eigenvalue weighted by atomic mass is 79.9. The minimum absolute atomic E-state index is 0.499. The number of ether oxygens (including phenoxy) is 1. The van der Waals surface area contributed by atoms with Crippen LogP contribution in [0.15, 0.2) is 39.5 Å². The molecule has 0 aliphatic carbocycles. The summed E-state index contributed by atoms with van der Waals surface area (Å²) in [5.41, 5.74) is 0.591. The lowest BCUT2D eigenvalue weighted by Crippen LogP contribution is -2.09. The maximum Gasteiger partial charge on any atom is 0.150 e. The van der Waals surface area contributed by atoms with Gasteiger partial charge in [-0.05, 0) is 50.1 Å². The van der Waals surface area contributed by atoms with E-state index in [1.54, 1.807) is 23.0 Å². The Morgan fingerprint density at radius 1 is 1.33 bits per heavy atom. The number of benzene rings is 1. The molecule has 18 heavy (non-hydrogen) atoms. The summed E-state index contributed by atoms with van der Waals surface area (Å²) in [5.74, 6) is 0.688. The van der Waals surface area contributed by atoms with Gasteiger partial charge in [0.25, 0.3) is 0 Å². The number of aromatic nitrogens is 2. The third kappa shape index (κ3) is 3.20. The number of aldehydes is 1. The van der Waals surface area contributed by atoms with Gasteiger partial charge in [-0.2, -0.15) is 5.10 Å². The van der Waals surface area contributed by atoms with Gasteiger partial charge in [0.05, 0.1) is 15.5 Å². The molecule has 0 aliphatic heterocycles. The molecule has 0 radical (unpaired) electrons. The van der Waals surface area contributed by atoms with Crippen LogP contribution in [0.2, 0.25) is 0 Å². The lowest BCUT2D eigenvalue weighted by Gasteiger charge is -2.11. The lowest BCUT2D eigenvalue weighted by atomic mass is 10.2. The van der Waals surface area contributed by atoms with Crippen molar-refractivity contribution in [3.05, 3.63) is 45.1 Å². The number of carbonyl (C=O) groups is 1. The number of rotatable bonds is 5. The fourth-order valence-corrected chi connectivity index (χ4v) is 2.91. The second-order valence-corrected chi connectivity index (χ2v) is 5.26. The van der Waals surface area contributed by atoms with E-state index in [4.69, 9.17) is 4.74 Å². The zero-order chi connectivity index (χ0) is 13.0. The fraction of sp³-hybridized carbons (Fsp3) is 0.167. The minimum Gasteiger partial charge on any atom is -0.489 e. The van der Waals surface area contributed by atoms with E-state index in [-0.39, 0.29) is 0 Å². The maximum atomic E-state index is 10.7. The van der Waals surface area contributed by atoms with E-state index in [9.17, 15) is 4.79 Å². The van der Waals surface area contributed by atoms with Gasteiger partial charge in [0.1, 0.15) is 18.6 Å². The van der Waals surface area contributed by atoms with Crippen LogP contribution >= 0.6 is 31.9 Å². The monoisotopic (exact) mass is 372 g/mol. The van der Waals surface area contributed by atoms with Gasteiger partial charge in [0.2, 0.25) is 0 Å². The quantitative estimate of drug-likeness (QED) is 0.755. The van der Waals surface area contributed by atoms with Crippen molar-refractivity contribution < 1.29 is 9.53 Å². The van der Waals surface area contributed by atoms with Gasteiger partial charge in [-0.1, -0.05) is 0 Å². The van der Waals surface area contributed by atoms with Crippen LogP contribution in [-0.4, -0.2) is 22.7 Å². The molecule has 2 aromatic rings. The topological polar surface area (TPSA) is 44.1 Å². The Labute approximate surface area is 121 Å². The SMILES string of the molecule is O=Cc1cc(Br)c(OCCn2cccn2)c(Br)c1. The Bertz CT molecular complexity index is 518. The Balaban J connectivity index is 2.03. The van der Waals surface area contributed by atoms with Gasteiger partial charge in [0.15, 0.2) is 0 Å². The normalized spacial score (nSPS) is 10.3. The van der Waals surface area contributed by atoms with Crippen molar-refractivity contribution in [2.24, 2.45) is 0 Å². The Morgan fingerprint density at radius 3 is 2.61 bits per heavy atom. The molecule has 1 aromatic carbocycles. The molecule has 2 rings (SSSR count). The van der Waals surface area contributed by atoms with Gasteiger partial charge in [-0.15, -0.1) is 0 Å². The molecule has 0 fully saturated rings. The number of nitrogens with zero attached hydrogens (tertiary/aromatic N) is 2. The van der Waals surface area contributed by atoms with Crippen molar-refractivity contribution in [3.8, 4) is 5.75 Å². The van der Waals surface area contributed by atoms with Crippen LogP contribution in [0.3, 0.4) is 0 Å². The van der Waals surface area contributed by atoms with Crippen LogP contribution in [0.5, 0.6) is 5.75 Å². The number of halogens is 2. The number of carbonyl (C=O) groups excluding carboxylic acids is 1. The van der Waals surface area contributed by atoms with Crippen molar-refractivity contribution in [1.29, 1.82) is 0 Å². The summed E-state index contributed by atoms with van der Waals surface area (Å²) >= 11 is 6.76. The maximum absolute atomic E-state index is 10.7. The van der Waals surface area contributed by atoms with Gasteiger partial charge < -0.3 is 4.74 Å². The van der Waals surface area contributed by atoms with Crippen LogP contribution in [0.4, 0.5) is 0 Å². The summed E-state index contributed by atoms with van der Waals surface area (Å²) in [4.78, 5) is 10.7. The molecular weight excluding hydrogens is 364 g/mol. The predicted molar refractivity (Wildman–Crippen MR) is 75.0 cm³/mol. The Hall–Kier alpha value is -1.14. The van der Waals surface area contributed by atoms with Crippen molar-refractivity contribution in [3.63, 3.8) is 0 Å². The summed E-state index contributed by atoms with van der Waals surface area (Å²) in [7, 11) is 0. The zero-order valence-corrected chi connectivity index (χ0v) is 12.5. The molecule has 1 heterocycles. The number of hydrogen-bond donors (Lipinski definition) is 0. The summed E-state index contributed by atoms with van der Waals surface area (Å²) in [6, 6.07) is 5.31. The zero-order valence-electron chi connectivity index (χ0n) is 9.35. The van der Waals surface area contributed by atoms with Crippen molar-refractivity contribution >= 4 is 38.1 Å². The summed E-state index contributed by atoms with van der Waals surface area (Å²) in [6.45, 7) is 1.17. The first-order valence-corrected chi connectivity index (χ1v) is 6.84. The summed E-state index contributed by atoms with van der Waals surface area (Å²) < 4.78 is 8.96. The first kappa shape index (κ1) is 13.3. The Morgan fingerprint density at radius 2 is 2.06 bits per heavy atom. The molecule has 0 N–H and O–H groups in total. The van der Waals surface area contributed by atoms with Crippen molar-refractivity contribution in [1.82, 2.24) is 9.78 Å². The van der Waals surface area contributed by atoms with Crippen LogP contribution < -0.4 is 4.74 Å². The van der Waals surface area contributed by atoms with E-state index in [2.05, 4.69) is 37.0 Å². The molecule has 0 unspecified atom stereocenters. The molecule has 0 atom stereocenters. The van der Waals surface area contributed by atoms with Crippen LogP contribution in [0.25, 0.3) is 0 Å². The van der Waals surface area contributed by atoms with Gasteiger partial charge in [0, 0.05) is 18.0 Å². The van der Waals surface area contributed by atoms with Crippen LogP contribution in [0.1, 0.15) is 10.4 Å². The largest absolute Gasteiger partial charge is 0.489 e. The first-order valence-electron chi connectivity index (χ1n) is 5.25. The Kier molecular flexibility index (Phi) is 4.54. The molecule has 1 aromatic heterocycles. The highest BCUT2D eigenvalue weighted by molar-refractivity contribution is 9.11. The van der Waals surface area contributed by atoms with Gasteiger partial charge >= 0.3 is 0 Å². The van der Waals surface area contributed by atoms with E-state index < -0.39 is 0 Å². The summed E-state index contributed by atoms with van der Waals surface area (Å²) in [6.07, 6.45) is 4.40. The first-order chi connectivity index (χ1) is 8.70. The lowest BCUT2D eigenvalue weighted by molar-refractivity contribution is 0.112. The second-order valence-electron chi connectivity index (χ2n) is 3.55.